The summed E-state index contributed by atoms with van der Waals surface area (Å²) in [6.45, 7) is 2.12. The van der Waals surface area contributed by atoms with Crippen LogP contribution in [0.3, 0.4) is 0 Å². The molecule has 0 radical (unpaired) electrons. The zero-order chi connectivity index (χ0) is 23.4. The van der Waals surface area contributed by atoms with Crippen molar-refractivity contribution in [2.24, 2.45) is 0 Å². The first kappa shape index (κ1) is 23.7. The van der Waals surface area contributed by atoms with Gasteiger partial charge in [-0.3, -0.25) is 9.59 Å². The van der Waals surface area contributed by atoms with E-state index in [0.717, 1.165) is 24.7 Å². The van der Waals surface area contributed by atoms with Crippen molar-refractivity contribution in [3.63, 3.8) is 0 Å². The molecule has 0 spiro atoms. The van der Waals surface area contributed by atoms with Crippen molar-refractivity contribution in [2.75, 3.05) is 25.3 Å². The fraction of sp³-hybridized carbons (Fsp3) is 0.391. The van der Waals surface area contributed by atoms with Crippen LogP contribution in [0.4, 0.5) is 5.69 Å². The van der Waals surface area contributed by atoms with Crippen LogP contribution in [0, 0.1) is 0 Å². The van der Waals surface area contributed by atoms with Gasteiger partial charge in [-0.1, -0.05) is 24.3 Å². The first-order valence-corrected chi connectivity index (χ1v) is 12.2. The molecule has 9 heteroatoms. The van der Waals surface area contributed by atoms with Gasteiger partial charge >= 0.3 is 5.97 Å². The maximum absolute atomic E-state index is 12.6. The molecule has 32 heavy (non-hydrogen) atoms. The maximum Gasteiger partial charge on any atom is 0.316 e. The fourth-order valence-electron chi connectivity index (χ4n) is 3.60. The summed E-state index contributed by atoms with van der Waals surface area (Å²) in [5.74, 6) is 0.0693. The van der Waals surface area contributed by atoms with Gasteiger partial charge in [-0.2, -0.15) is 0 Å². The van der Waals surface area contributed by atoms with E-state index in [9.17, 15) is 18.0 Å². The summed E-state index contributed by atoms with van der Waals surface area (Å²) in [7, 11) is -2.00. The summed E-state index contributed by atoms with van der Waals surface area (Å²) >= 11 is 0. The molecule has 1 amide bonds. The monoisotopic (exact) mass is 460 g/mol. The third-order valence-corrected chi connectivity index (χ3v) is 6.11. The van der Waals surface area contributed by atoms with Crippen molar-refractivity contribution >= 4 is 27.6 Å². The van der Waals surface area contributed by atoms with Gasteiger partial charge in [0.2, 0.25) is 15.9 Å². The van der Waals surface area contributed by atoms with Crippen LogP contribution < -0.4 is 14.8 Å². The Balaban J connectivity index is 1.68. The third-order valence-electron chi connectivity index (χ3n) is 5.40. The topological polar surface area (TPSA) is 111 Å². The molecule has 0 aliphatic heterocycles. The Kier molecular flexibility index (Phi) is 7.20. The Morgan fingerprint density at radius 3 is 2.19 bits per heavy atom. The van der Waals surface area contributed by atoms with E-state index < -0.39 is 21.5 Å². The van der Waals surface area contributed by atoms with E-state index in [4.69, 9.17) is 9.47 Å². The van der Waals surface area contributed by atoms with Gasteiger partial charge in [-0.15, -0.1) is 0 Å². The van der Waals surface area contributed by atoms with Crippen LogP contribution in [0.1, 0.15) is 43.4 Å². The molecular formula is C23H28N2O6S. The van der Waals surface area contributed by atoms with Crippen LogP contribution in [0.15, 0.2) is 48.5 Å². The van der Waals surface area contributed by atoms with Crippen LogP contribution in [-0.2, 0) is 29.8 Å². The molecule has 0 aromatic heterocycles. The number of carbonyl (C=O) groups excluding carboxylic acids is 2. The molecule has 1 fully saturated rings. The summed E-state index contributed by atoms with van der Waals surface area (Å²) in [5.41, 5.74) is 1.50. The van der Waals surface area contributed by atoms with E-state index in [1.165, 1.54) is 7.11 Å². The molecule has 2 N–H and O–H groups in total. The number of benzene rings is 2. The fourth-order valence-corrected chi connectivity index (χ4v) is 4.33. The van der Waals surface area contributed by atoms with E-state index in [1.807, 2.05) is 12.1 Å². The lowest BCUT2D eigenvalue weighted by Crippen LogP contribution is -2.30. The Bertz CT molecular complexity index is 1060. The molecule has 1 aliphatic rings. The molecule has 3 rings (SSSR count). The number of hydrogen-bond donors (Lipinski definition) is 2. The van der Waals surface area contributed by atoms with Gasteiger partial charge in [0.05, 0.1) is 31.4 Å². The predicted molar refractivity (Wildman–Crippen MR) is 121 cm³/mol. The molecule has 2 aromatic rings. The van der Waals surface area contributed by atoms with Crippen LogP contribution in [0.25, 0.3) is 0 Å². The van der Waals surface area contributed by atoms with Crippen molar-refractivity contribution in [1.82, 2.24) is 4.72 Å². The molecule has 0 bridgehead atoms. The number of hydrogen-bond acceptors (Lipinski definition) is 6. The van der Waals surface area contributed by atoms with E-state index in [-0.39, 0.29) is 18.3 Å². The Morgan fingerprint density at radius 1 is 1.06 bits per heavy atom. The van der Waals surface area contributed by atoms with Crippen molar-refractivity contribution in [3.05, 3.63) is 59.7 Å². The normalized spacial score (nSPS) is 15.5. The largest absolute Gasteiger partial charge is 0.497 e. The number of sulfonamides is 1. The van der Waals surface area contributed by atoms with E-state index >= 15 is 0 Å². The minimum absolute atomic E-state index is 0.0894. The minimum Gasteiger partial charge on any atom is -0.497 e. The number of rotatable bonds is 10. The van der Waals surface area contributed by atoms with Gasteiger partial charge in [-0.05, 0) is 55.2 Å². The Hall–Kier alpha value is -2.91. The number of amides is 1. The first-order valence-electron chi connectivity index (χ1n) is 10.4. The number of ether oxygens (including phenoxy) is 2. The summed E-state index contributed by atoms with van der Waals surface area (Å²) in [6, 6.07) is 13.2. The maximum atomic E-state index is 12.6. The molecule has 0 saturated heterocycles. The molecule has 1 saturated carbocycles. The number of anilines is 1. The lowest BCUT2D eigenvalue weighted by Gasteiger charge is -2.18. The van der Waals surface area contributed by atoms with Gasteiger partial charge < -0.3 is 14.8 Å². The number of esters is 1. The summed E-state index contributed by atoms with van der Waals surface area (Å²) in [4.78, 5) is 24.9. The van der Waals surface area contributed by atoms with Gasteiger partial charge in [-0.25, -0.2) is 13.1 Å². The first-order chi connectivity index (χ1) is 15.2. The lowest BCUT2D eigenvalue weighted by molar-refractivity contribution is -0.146. The molecule has 8 nitrogen and oxygen atoms in total. The highest BCUT2D eigenvalue weighted by Gasteiger charge is 2.52. The van der Waals surface area contributed by atoms with Crippen LogP contribution in [-0.4, -0.2) is 40.3 Å². The average molecular weight is 461 g/mol. The van der Waals surface area contributed by atoms with Crippen LogP contribution in [0.5, 0.6) is 5.75 Å². The second-order valence-electron chi connectivity index (χ2n) is 7.85. The molecule has 0 heterocycles. The highest BCUT2D eigenvalue weighted by molar-refractivity contribution is 7.88. The smallest absolute Gasteiger partial charge is 0.316 e. The van der Waals surface area contributed by atoms with Crippen LogP contribution >= 0.6 is 0 Å². The zero-order valence-electron chi connectivity index (χ0n) is 18.4. The van der Waals surface area contributed by atoms with E-state index in [2.05, 4.69) is 10.0 Å². The van der Waals surface area contributed by atoms with Gasteiger partial charge in [0, 0.05) is 12.1 Å². The Morgan fingerprint density at radius 2 is 1.69 bits per heavy atom. The molecule has 1 aliphatic carbocycles. The number of methoxy groups -OCH3 is 1. The quantitative estimate of drug-likeness (QED) is 0.528. The highest BCUT2D eigenvalue weighted by atomic mass is 32.2. The Labute approximate surface area is 188 Å². The number of nitrogens with one attached hydrogen (secondary N) is 2. The second-order valence-corrected chi connectivity index (χ2v) is 9.63. The van der Waals surface area contributed by atoms with Gasteiger partial charge in [0.25, 0.3) is 0 Å². The molecule has 1 atom stereocenters. The summed E-state index contributed by atoms with van der Waals surface area (Å²) in [6.07, 6.45) is 2.46. The minimum atomic E-state index is -3.54. The van der Waals surface area contributed by atoms with E-state index in [1.54, 1.807) is 43.3 Å². The van der Waals surface area contributed by atoms with Crippen LogP contribution in [0.2, 0.25) is 0 Å². The average Bonchev–Trinajstić information content (AvgIpc) is 3.55. The standard InChI is InChI=1S/C23H28N2O6S/c1-4-31-22(27)23(13-14-23)17-7-9-18(10-8-17)24-21(26)15-20(25-32(3,28)29)16-5-11-19(30-2)12-6-16/h5-12,20,25H,4,13-15H2,1-3H3,(H,24,26). The van der Waals surface area contributed by atoms with Gasteiger partial charge in [0.1, 0.15) is 5.75 Å². The zero-order valence-corrected chi connectivity index (χ0v) is 19.2. The molecular weight excluding hydrogens is 432 g/mol. The predicted octanol–water partition coefficient (Wildman–Crippen LogP) is 2.91. The highest BCUT2D eigenvalue weighted by Crippen LogP contribution is 2.49. The summed E-state index contributed by atoms with van der Waals surface area (Å²) in [5, 5.41) is 2.79. The van der Waals surface area contributed by atoms with Crippen molar-refractivity contribution < 1.29 is 27.5 Å². The SMILES string of the molecule is CCOC(=O)C1(c2ccc(NC(=O)CC(NS(C)(=O)=O)c3ccc(OC)cc3)cc2)CC1. The van der Waals surface area contributed by atoms with Crippen molar-refractivity contribution in [3.8, 4) is 5.75 Å². The second kappa shape index (κ2) is 9.70. The molecule has 2 aromatic carbocycles. The van der Waals surface area contributed by atoms with Gasteiger partial charge in [0.15, 0.2) is 0 Å². The third kappa shape index (κ3) is 5.86. The lowest BCUT2D eigenvalue weighted by atomic mass is 9.96. The number of carbonyl (C=O) groups is 2. The van der Waals surface area contributed by atoms with E-state index in [0.29, 0.717) is 23.6 Å². The van der Waals surface area contributed by atoms with Crippen molar-refractivity contribution in [2.45, 2.75) is 37.6 Å². The van der Waals surface area contributed by atoms with Crippen molar-refractivity contribution in [1.29, 1.82) is 0 Å². The molecule has 1 unspecified atom stereocenters. The summed E-state index contributed by atoms with van der Waals surface area (Å²) < 4.78 is 36.4. The molecule has 172 valence electrons.